The summed E-state index contributed by atoms with van der Waals surface area (Å²) < 4.78 is 26.5. The molecule has 146 valence electrons. The van der Waals surface area contributed by atoms with Gasteiger partial charge in [-0.25, -0.2) is 4.98 Å². The van der Waals surface area contributed by atoms with Crippen molar-refractivity contribution >= 4 is 48.9 Å². The van der Waals surface area contributed by atoms with Gasteiger partial charge in [-0.3, -0.25) is 14.7 Å². The maximum atomic E-state index is 13.2. The van der Waals surface area contributed by atoms with Crippen molar-refractivity contribution in [2.24, 2.45) is 0 Å². The molecule has 0 spiro atoms. The number of thiophene rings is 2. The molecular weight excluding hydrogens is 411 g/mol. The minimum atomic E-state index is -2.41. The Morgan fingerprint density at radius 3 is 2.64 bits per heavy atom. The van der Waals surface area contributed by atoms with E-state index < -0.39 is 17.0 Å². The van der Waals surface area contributed by atoms with E-state index in [9.17, 15) is 8.94 Å². The fraction of sp³-hybridized carbons (Fsp3) is 0.190. The van der Waals surface area contributed by atoms with Crippen LogP contribution in [0.25, 0.3) is 31.9 Å². The van der Waals surface area contributed by atoms with Crippen molar-refractivity contribution in [3.63, 3.8) is 0 Å². The van der Waals surface area contributed by atoms with E-state index >= 15 is 0 Å². The standard InChI is InChI=1S/C21H21FN2OS3/c1-28(25,12-6-10-22)21-19(23)18-15(14-7-3-2-4-8-14)13-16(24-20(18)27-21)17-9-5-11-26-17/h2-5,7-9,11,13,25H,6,10,12,23H2,1H3/p-1. The molecule has 0 aliphatic rings. The first-order chi connectivity index (χ1) is 13.5. The molecule has 4 aromatic rings. The van der Waals surface area contributed by atoms with E-state index in [1.807, 2.05) is 47.8 Å². The molecule has 1 unspecified atom stereocenters. The summed E-state index contributed by atoms with van der Waals surface area (Å²) in [5.74, 6) is 0.291. The lowest BCUT2D eigenvalue weighted by molar-refractivity contribution is 0.483. The molecule has 0 amide bonds. The molecule has 1 atom stereocenters. The Hall–Kier alpha value is -1.93. The van der Waals surface area contributed by atoms with Gasteiger partial charge in [0.2, 0.25) is 0 Å². The molecule has 3 aromatic heterocycles. The molecule has 1 aromatic carbocycles. The third-order valence-corrected chi connectivity index (χ3v) is 9.75. The van der Waals surface area contributed by atoms with Crippen LogP contribution in [0, 0.1) is 0 Å². The monoisotopic (exact) mass is 431 g/mol. The van der Waals surface area contributed by atoms with Crippen LogP contribution in [0.15, 0.2) is 58.1 Å². The van der Waals surface area contributed by atoms with Gasteiger partial charge in [-0.1, -0.05) is 36.4 Å². The summed E-state index contributed by atoms with van der Waals surface area (Å²) in [6.45, 7) is -0.480. The second kappa shape index (κ2) is 7.83. The summed E-state index contributed by atoms with van der Waals surface area (Å²) in [6.07, 6.45) is 1.94. The number of anilines is 1. The molecule has 3 heterocycles. The number of benzene rings is 1. The number of pyridine rings is 1. The molecule has 4 rings (SSSR count). The number of hydrogen-bond donors (Lipinski definition) is 1. The Balaban J connectivity index is 1.97. The average molecular weight is 432 g/mol. The van der Waals surface area contributed by atoms with Crippen LogP contribution >= 0.6 is 33.0 Å². The smallest absolute Gasteiger partial charge is 0.127 e. The van der Waals surface area contributed by atoms with E-state index in [4.69, 9.17) is 10.7 Å². The lowest BCUT2D eigenvalue weighted by Gasteiger charge is -2.42. The zero-order chi connectivity index (χ0) is 19.7. The quantitative estimate of drug-likeness (QED) is 0.376. The van der Waals surface area contributed by atoms with Gasteiger partial charge in [0.05, 0.1) is 27.1 Å². The molecule has 2 N–H and O–H groups in total. The summed E-state index contributed by atoms with van der Waals surface area (Å²) in [4.78, 5) is 6.67. The molecule has 0 fully saturated rings. The third kappa shape index (κ3) is 3.55. The third-order valence-electron chi connectivity index (χ3n) is 4.58. The summed E-state index contributed by atoms with van der Waals surface area (Å²) in [7, 11) is -2.41. The zero-order valence-corrected chi connectivity index (χ0v) is 17.8. The Labute approximate surface area is 173 Å². The predicted octanol–water partition coefficient (Wildman–Crippen LogP) is 6.56. The second-order valence-electron chi connectivity index (χ2n) is 6.63. The van der Waals surface area contributed by atoms with Gasteiger partial charge in [0.1, 0.15) is 4.83 Å². The number of fused-ring (bicyclic) bond motifs is 1. The van der Waals surface area contributed by atoms with Gasteiger partial charge in [-0.2, -0.15) is 0 Å². The Kier molecular flexibility index (Phi) is 5.42. The molecule has 3 nitrogen and oxygen atoms in total. The largest absolute Gasteiger partial charge is 0.808 e. The van der Waals surface area contributed by atoms with E-state index in [1.165, 1.54) is 11.3 Å². The van der Waals surface area contributed by atoms with Gasteiger partial charge in [0.25, 0.3) is 0 Å². The molecular formula is C21H20FN2OS3-. The fourth-order valence-electron chi connectivity index (χ4n) is 3.24. The first-order valence-electron chi connectivity index (χ1n) is 8.86. The number of alkyl halides is 1. The van der Waals surface area contributed by atoms with Gasteiger partial charge >= 0.3 is 0 Å². The van der Waals surface area contributed by atoms with Crippen LogP contribution in [0.3, 0.4) is 0 Å². The van der Waals surface area contributed by atoms with E-state index in [1.54, 1.807) is 17.6 Å². The van der Waals surface area contributed by atoms with Crippen LogP contribution in [-0.2, 0) is 0 Å². The highest BCUT2D eigenvalue weighted by atomic mass is 32.3. The van der Waals surface area contributed by atoms with Gasteiger partial charge in [-0.15, -0.1) is 22.7 Å². The number of hydrogen-bond acceptors (Lipinski definition) is 5. The molecule has 0 saturated carbocycles. The number of nitrogen functional groups attached to an aromatic ring is 1. The Morgan fingerprint density at radius 2 is 1.96 bits per heavy atom. The zero-order valence-electron chi connectivity index (χ0n) is 15.4. The van der Waals surface area contributed by atoms with Crippen molar-refractivity contribution in [1.82, 2.24) is 4.98 Å². The normalized spacial score (nSPS) is 14.8. The first-order valence-corrected chi connectivity index (χ1v) is 12.7. The van der Waals surface area contributed by atoms with Crippen LogP contribution in [-0.4, -0.2) is 28.2 Å². The molecule has 7 heteroatoms. The van der Waals surface area contributed by atoms with Crippen molar-refractivity contribution in [1.29, 1.82) is 0 Å². The highest BCUT2D eigenvalue weighted by molar-refractivity contribution is 8.29. The maximum Gasteiger partial charge on any atom is 0.127 e. The summed E-state index contributed by atoms with van der Waals surface area (Å²) in [6, 6.07) is 16.1. The van der Waals surface area contributed by atoms with Crippen molar-refractivity contribution in [2.75, 3.05) is 24.4 Å². The van der Waals surface area contributed by atoms with Crippen LogP contribution < -0.4 is 5.73 Å². The number of halogens is 1. The average Bonchev–Trinajstić information content (AvgIpc) is 3.35. The lowest BCUT2D eigenvalue weighted by Crippen LogP contribution is -2.04. The van der Waals surface area contributed by atoms with Crippen molar-refractivity contribution < 1.29 is 8.94 Å². The Morgan fingerprint density at radius 1 is 1.18 bits per heavy atom. The molecule has 0 saturated heterocycles. The van der Waals surface area contributed by atoms with Crippen molar-refractivity contribution in [2.45, 2.75) is 10.6 Å². The minimum Gasteiger partial charge on any atom is -0.808 e. The van der Waals surface area contributed by atoms with Gasteiger partial charge in [0, 0.05) is 5.39 Å². The predicted molar refractivity (Wildman–Crippen MR) is 121 cm³/mol. The lowest BCUT2D eigenvalue weighted by atomic mass is 10.0. The van der Waals surface area contributed by atoms with E-state index in [-0.39, 0.29) is 6.42 Å². The fourth-order valence-corrected chi connectivity index (χ4v) is 7.38. The van der Waals surface area contributed by atoms with E-state index in [2.05, 4.69) is 6.07 Å². The highest BCUT2D eigenvalue weighted by Gasteiger charge is 2.22. The Bertz CT molecular complexity index is 1090. The maximum absolute atomic E-state index is 13.2. The van der Waals surface area contributed by atoms with E-state index in [0.29, 0.717) is 15.6 Å². The topological polar surface area (TPSA) is 62.0 Å². The molecule has 28 heavy (non-hydrogen) atoms. The molecule has 0 bridgehead atoms. The SMILES string of the molecule is CS([O-])(CCCF)c1sc2nc(-c3cccs3)cc(-c3ccccc3)c2c1N. The molecule has 0 radical (unpaired) electrons. The first kappa shape index (κ1) is 19.4. The van der Waals surface area contributed by atoms with E-state index in [0.717, 1.165) is 31.9 Å². The summed E-state index contributed by atoms with van der Waals surface area (Å²) in [5, 5.41) is 2.86. The summed E-state index contributed by atoms with van der Waals surface area (Å²) in [5.41, 5.74) is 9.91. The van der Waals surface area contributed by atoms with Crippen LogP contribution in [0.1, 0.15) is 6.42 Å². The van der Waals surface area contributed by atoms with Crippen molar-refractivity contribution in [3.05, 3.63) is 53.9 Å². The number of rotatable bonds is 6. The minimum absolute atomic E-state index is 0.266. The van der Waals surface area contributed by atoms with Gasteiger partial charge in [0.15, 0.2) is 0 Å². The van der Waals surface area contributed by atoms with Crippen LogP contribution in [0.4, 0.5) is 10.1 Å². The molecule has 0 aliphatic heterocycles. The molecule has 0 aliphatic carbocycles. The summed E-state index contributed by atoms with van der Waals surface area (Å²) >= 11 is 3.00. The van der Waals surface area contributed by atoms with Gasteiger partial charge < -0.3 is 10.3 Å². The van der Waals surface area contributed by atoms with Crippen LogP contribution in [0.5, 0.6) is 0 Å². The second-order valence-corrected chi connectivity index (χ2v) is 11.7. The van der Waals surface area contributed by atoms with Gasteiger partial charge in [-0.05, 0) is 47.1 Å². The highest BCUT2D eigenvalue weighted by Crippen LogP contribution is 2.58. The number of aromatic nitrogens is 1. The number of nitrogens with zero attached hydrogens (tertiary/aromatic N) is 1. The van der Waals surface area contributed by atoms with Crippen LogP contribution in [0.2, 0.25) is 0 Å². The number of nitrogens with two attached hydrogens (primary N) is 1. The van der Waals surface area contributed by atoms with Crippen molar-refractivity contribution in [3.8, 4) is 21.7 Å².